The molecule has 0 aliphatic carbocycles. The third-order valence-electron chi connectivity index (χ3n) is 2.14. The van der Waals surface area contributed by atoms with Gasteiger partial charge in [-0.2, -0.15) is 0 Å². The molecule has 15 heavy (non-hydrogen) atoms. The van der Waals surface area contributed by atoms with Crippen molar-refractivity contribution in [1.82, 2.24) is 5.32 Å². The van der Waals surface area contributed by atoms with Crippen LogP contribution >= 0.6 is 38.6 Å². The molecule has 4 heteroatoms. The van der Waals surface area contributed by atoms with Crippen molar-refractivity contribution in [2.24, 2.45) is 0 Å². The summed E-state index contributed by atoms with van der Waals surface area (Å²) in [6.07, 6.45) is 0. The first-order chi connectivity index (χ1) is 7.33. The number of hydrogen-bond donors (Lipinski definition) is 1. The van der Waals surface area contributed by atoms with Crippen LogP contribution in [0.1, 0.15) is 22.7 Å². The van der Waals surface area contributed by atoms with E-state index in [1.165, 1.54) is 14.2 Å². The van der Waals surface area contributed by atoms with Gasteiger partial charge >= 0.3 is 0 Å². The number of nitrogens with one attached hydrogen (secondary N) is 1. The summed E-state index contributed by atoms with van der Waals surface area (Å²) in [4.78, 5) is 2.74. The van der Waals surface area contributed by atoms with Crippen LogP contribution in [0.3, 0.4) is 0 Å². The zero-order valence-corrected chi connectivity index (χ0v) is 11.6. The average Bonchev–Trinajstić information content (AvgIpc) is 2.85. The smallest absolute Gasteiger partial charge is 0.0776 e. The van der Waals surface area contributed by atoms with Gasteiger partial charge in [-0.1, -0.05) is 13.0 Å². The second-order valence-electron chi connectivity index (χ2n) is 3.14. The Kier molecular flexibility index (Phi) is 3.97. The largest absolute Gasteiger partial charge is 0.305 e. The third-order valence-corrected chi connectivity index (χ3v) is 5.02. The fraction of sp³-hybridized carbons (Fsp3) is 0.273. The van der Waals surface area contributed by atoms with E-state index in [9.17, 15) is 0 Å². The molecule has 0 aromatic carbocycles. The molecular formula is C11H12BrNS2. The van der Waals surface area contributed by atoms with Crippen LogP contribution in [0.15, 0.2) is 33.4 Å². The van der Waals surface area contributed by atoms with Gasteiger partial charge in [0.2, 0.25) is 0 Å². The predicted molar refractivity (Wildman–Crippen MR) is 71.9 cm³/mol. The summed E-state index contributed by atoms with van der Waals surface area (Å²) >= 11 is 7.19. The number of hydrogen-bond acceptors (Lipinski definition) is 3. The van der Waals surface area contributed by atoms with Crippen LogP contribution in [0.25, 0.3) is 0 Å². The molecule has 2 aromatic rings. The van der Waals surface area contributed by atoms with Crippen LogP contribution in [0.2, 0.25) is 0 Å². The van der Waals surface area contributed by atoms with E-state index in [1.807, 2.05) is 0 Å². The molecule has 0 bridgehead atoms. The van der Waals surface area contributed by atoms with Crippen LogP contribution < -0.4 is 5.32 Å². The molecule has 2 aromatic heterocycles. The molecule has 0 amide bonds. The molecule has 1 unspecified atom stereocenters. The van der Waals surface area contributed by atoms with Crippen LogP contribution in [-0.4, -0.2) is 6.54 Å². The summed E-state index contributed by atoms with van der Waals surface area (Å²) in [7, 11) is 0. The van der Waals surface area contributed by atoms with Crippen molar-refractivity contribution in [1.29, 1.82) is 0 Å². The third kappa shape index (κ3) is 2.50. The number of rotatable bonds is 4. The predicted octanol–water partition coefficient (Wildman–Crippen LogP) is 4.27. The molecule has 0 radical (unpaired) electrons. The van der Waals surface area contributed by atoms with Crippen molar-refractivity contribution < 1.29 is 0 Å². The molecule has 1 atom stereocenters. The lowest BCUT2D eigenvalue weighted by Gasteiger charge is -2.15. The van der Waals surface area contributed by atoms with Crippen LogP contribution in [0.5, 0.6) is 0 Å². The minimum Gasteiger partial charge on any atom is -0.305 e. The van der Waals surface area contributed by atoms with Crippen molar-refractivity contribution in [3.63, 3.8) is 0 Å². The van der Waals surface area contributed by atoms with E-state index in [4.69, 9.17) is 0 Å². The highest BCUT2D eigenvalue weighted by Crippen LogP contribution is 2.34. The average molecular weight is 302 g/mol. The Morgan fingerprint density at radius 2 is 2.20 bits per heavy atom. The maximum Gasteiger partial charge on any atom is 0.0776 e. The second-order valence-corrected chi connectivity index (χ2v) is 5.92. The second kappa shape index (κ2) is 5.25. The SMILES string of the molecule is CCNC(c1cccs1)c1sccc1Br. The maximum atomic E-state index is 3.60. The molecule has 1 N–H and O–H groups in total. The van der Waals surface area contributed by atoms with E-state index in [1.54, 1.807) is 22.7 Å². The monoisotopic (exact) mass is 301 g/mol. The van der Waals surface area contributed by atoms with Crippen molar-refractivity contribution in [2.45, 2.75) is 13.0 Å². The quantitative estimate of drug-likeness (QED) is 0.889. The fourth-order valence-electron chi connectivity index (χ4n) is 1.49. The summed E-state index contributed by atoms with van der Waals surface area (Å²) in [6.45, 7) is 3.12. The van der Waals surface area contributed by atoms with Crippen LogP contribution in [0, 0.1) is 0 Å². The molecule has 0 aliphatic rings. The molecule has 0 fully saturated rings. The zero-order valence-electron chi connectivity index (χ0n) is 8.37. The van der Waals surface area contributed by atoms with Crippen molar-refractivity contribution >= 4 is 38.6 Å². The van der Waals surface area contributed by atoms with Gasteiger partial charge in [-0.25, -0.2) is 0 Å². The number of halogens is 1. The summed E-state index contributed by atoms with van der Waals surface area (Å²) in [6, 6.07) is 6.73. The lowest BCUT2D eigenvalue weighted by atomic mass is 10.2. The van der Waals surface area contributed by atoms with E-state index >= 15 is 0 Å². The van der Waals surface area contributed by atoms with E-state index in [0.717, 1.165) is 6.54 Å². The molecular weight excluding hydrogens is 290 g/mol. The minimum absolute atomic E-state index is 0.337. The Balaban J connectivity index is 2.32. The van der Waals surface area contributed by atoms with E-state index < -0.39 is 0 Å². The van der Waals surface area contributed by atoms with Crippen molar-refractivity contribution in [3.8, 4) is 0 Å². The van der Waals surface area contributed by atoms with Gasteiger partial charge in [0.15, 0.2) is 0 Å². The first-order valence-corrected chi connectivity index (χ1v) is 7.37. The highest BCUT2D eigenvalue weighted by molar-refractivity contribution is 9.10. The summed E-state index contributed by atoms with van der Waals surface area (Å²) < 4.78 is 1.20. The van der Waals surface area contributed by atoms with Gasteiger partial charge in [0.25, 0.3) is 0 Å². The van der Waals surface area contributed by atoms with Gasteiger partial charge in [-0.3, -0.25) is 0 Å². The van der Waals surface area contributed by atoms with Crippen molar-refractivity contribution in [2.75, 3.05) is 6.54 Å². The molecule has 0 spiro atoms. The van der Waals surface area contributed by atoms with Crippen LogP contribution in [-0.2, 0) is 0 Å². The molecule has 1 nitrogen and oxygen atoms in total. The van der Waals surface area contributed by atoms with E-state index in [-0.39, 0.29) is 0 Å². The molecule has 2 rings (SSSR count). The van der Waals surface area contributed by atoms with Gasteiger partial charge in [0.1, 0.15) is 0 Å². The maximum absolute atomic E-state index is 3.60. The first kappa shape index (κ1) is 11.3. The van der Waals surface area contributed by atoms with Gasteiger partial charge in [-0.05, 0) is 45.4 Å². The Morgan fingerprint density at radius 3 is 2.73 bits per heavy atom. The Hall–Kier alpha value is -0.160. The van der Waals surface area contributed by atoms with E-state index in [2.05, 4.69) is 57.1 Å². The Bertz CT molecular complexity index is 408. The summed E-state index contributed by atoms with van der Waals surface area (Å²) in [5.41, 5.74) is 0. The Labute approximate surface area is 106 Å². The topological polar surface area (TPSA) is 12.0 Å². The molecule has 2 heterocycles. The Morgan fingerprint density at radius 1 is 1.33 bits per heavy atom. The highest BCUT2D eigenvalue weighted by atomic mass is 79.9. The van der Waals surface area contributed by atoms with Gasteiger partial charge < -0.3 is 5.32 Å². The summed E-state index contributed by atoms with van der Waals surface area (Å²) in [5.74, 6) is 0. The lowest BCUT2D eigenvalue weighted by molar-refractivity contribution is 0.647. The van der Waals surface area contributed by atoms with Crippen molar-refractivity contribution in [3.05, 3.63) is 43.2 Å². The normalized spacial score (nSPS) is 12.9. The standard InChI is InChI=1S/C11H12BrNS2/c1-2-13-10(9-4-3-6-14-9)11-8(12)5-7-15-11/h3-7,10,13H,2H2,1H3. The summed E-state index contributed by atoms with van der Waals surface area (Å²) in [5, 5.41) is 7.77. The van der Waals surface area contributed by atoms with Gasteiger partial charge in [0.05, 0.1) is 6.04 Å². The van der Waals surface area contributed by atoms with E-state index in [0.29, 0.717) is 6.04 Å². The molecule has 80 valence electrons. The molecule has 0 saturated carbocycles. The van der Waals surface area contributed by atoms with Gasteiger partial charge in [0, 0.05) is 14.2 Å². The molecule has 0 aliphatic heterocycles. The molecule has 0 saturated heterocycles. The number of thiophene rings is 2. The lowest BCUT2D eigenvalue weighted by Crippen LogP contribution is -2.20. The van der Waals surface area contributed by atoms with Crippen LogP contribution in [0.4, 0.5) is 0 Å². The minimum atomic E-state index is 0.337. The first-order valence-electron chi connectivity index (χ1n) is 4.82. The highest BCUT2D eigenvalue weighted by Gasteiger charge is 2.17. The zero-order chi connectivity index (χ0) is 10.7. The fourth-order valence-corrected chi connectivity index (χ4v) is 4.07. The van der Waals surface area contributed by atoms with Gasteiger partial charge in [-0.15, -0.1) is 22.7 Å².